The molecule has 0 saturated heterocycles. The number of likely N-dealkylation sites (N-methyl/N-ethyl adjacent to an activating group) is 1. The number of carbonyl (C=O) groups is 2. The zero-order valence-electron chi connectivity index (χ0n) is 15.5. The highest BCUT2D eigenvalue weighted by Gasteiger charge is 2.38. The summed E-state index contributed by atoms with van der Waals surface area (Å²) in [4.78, 5) is 30.9. The number of nitrogens with zero attached hydrogens (tertiary/aromatic N) is 1. The van der Waals surface area contributed by atoms with Crippen LogP contribution in [0.2, 0.25) is 4.34 Å². The van der Waals surface area contributed by atoms with Gasteiger partial charge in [0, 0.05) is 19.5 Å². The van der Waals surface area contributed by atoms with E-state index in [2.05, 4.69) is 10.3 Å². The molecule has 0 aliphatic heterocycles. The monoisotopic (exact) mass is 417 g/mol. The largest absolute Gasteiger partial charge is 0.375 e. The van der Waals surface area contributed by atoms with Crippen molar-refractivity contribution < 1.29 is 14.3 Å². The first kappa shape index (κ1) is 19.0. The molecule has 6 nitrogen and oxygen atoms in total. The Bertz CT molecular complexity index is 1010. The van der Waals surface area contributed by atoms with Gasteiger partial charge in [-0.1, -0.05) is 35.9 Å². The molecule has 2 aromatic heterocycles. The van der Waals surface area contributed by atoms with Crippen LogP contribution in [0.1, 0.15) is 27.7 Å². The third-order valence-electron chi connectivity index (χ3n) is 5.11. The van der Waals surface area contributed by atoms with Gasteiger partial charge in [-0.25, -0.2) is 0 Å². The van der Waals surface area contributed by atoms with Crippen molar-refractivity contribution in [3.05, 3.63) is 57.6 Å². The van der Waals surface area contributed by atoms with Crippen LogP contribution in [0.5, 0.6) is 0 Å². The van der Waals surface area contributed by atoms with Crippen LogP contribution in [0.15, 0.2) is 36.4 Å². The predicted molar refractivity (Wildman–Crippen MR) is 110 cm³/mol. The Labute approximate surface area is 171 Å². The number of thiophene rings is 1. The van der Waals surface area contributed by atoms with E-state index >= 15 is 0 Å². The average molecular weight is 418 g/mol. The van der Waals surface area contributed by atoms with Crippen LogP contribution in [-0.2, 0) is 16.0 Å². The van der Waals surface area contributed by atoms with Gasteiger partial charge in [0.1, 0.15) is 17.1 Å². The number of hydrogen-bond donors (Lipinski definition) is 2. The molecule has 0 fully saturated rings. The summed E-state index contributed by atoms with van der Waals surface area (Å²) in [5.74, 6) is -0.326. The van der Waals surface area contributed by atoms with E-state index in [1.54, 1.807) is 18.0 Å². The smallest absolute Gasteiger partial charge is 0.268 e. The lowest BCUT2D eigenvalue weighted by atomic mass is 10.1. The minimum absolute atomic E-state index is 0.00347. The maximum absolute atomic E-state index is 12.9. The maximum atomic E-state index is 12.9. The van der Waals surface area contributed by atoms with Crippen molar-refractivity contribution in [3.8, 4) is 0 Å². The molecular weight excluding hydrogens is 398 g/mol. The summed E-state index contributed by atoms with van der Waals surface area (Å²) in [6.07, 6.45) is 0.665. The molecule has 2 N–H and O–H groups in total. The first-order chi connectivity index (χ1) is 13.5. The number of carbonyl (C=O) groups excluding carboxylic acids is 2. The standard InChI is InChI=1S/C20H20ClN3O3S/c1-24(17(25)10-27-2)18-13-6-4-3-5-11(13)7-14(18)22-19(26)15-8-12-9-16(21)28-20(12)23-15/h3-6,8-9,14,18,23H,7,10H2,1-2H3,(H,22,26)/t14-,18+/m1/s1. The number of ether oxygens (including phenoxy) is 1. The van der Waals surface area contributed by atoms with Gasteiger partial charge < -0.3 is 19.9 Å². The van der Waals surface area contributed by atoms with Gasteiger partial charge in [-0.2, -0.15) is 0 Å². The Balaban J connectivity index is 1.58. The Kier molecular flexibility index (Phi) is 5.14. The lowest BCUT2D eigenvalue weighted by molar-refractivity contribution is -0.136. The highest BCUT2D eigenvalue weighted by atomic mass is 35.5. The van der Waals surface area contributed by atoms with Crippen LogP contribution in [0.4, 0.5) is 0 Å². The average Bonchev–Trinajstić information content (AvgIpc) is 3.31. The fourth-order valence-electron chi connectivity index (χ4n) is 3.82. The molecule has 2 atom stereocenters. The number of hydrogen-bond acceptors (Lipinski definition) is 4. The zero-order valence-corrected chi connectivity index (χ0v) is 17.1. The number of rotatable bonds is 5. The summed E-state index contributed by atoms with van der Waals surface area (Å²) < 4.78 is 5.68. The summed E-state index contributed by atoms with van der Waals surface area (Å²) in [6, 6.07) is 11.1. The molecule has 0 unspecified atom stereocenters. The molecule has 0 radical (unpaired) electrons. The molecule has 146 valence electrons. The van der Waals surface area contributed by atoms with E-state index in [0.29, 0.717) is 16.5 Å². The van der Waals surface area contributed by atoms with E-state index in [0.717, 1.165) is 21.3 Å². The van der Waals surface area contributed by atoms with Crippen molar-refractivity contribution in [2.24, 2.45) is 0 Å². The number of halogens is 1. The zero-order chi connectivity index (χ0) is 19.8. The fraction of sp³-hybridized carbons (Fsp3) is 0.300. The number of H-pyrrole nitrogens is 1. The first-order valence-electron chi connectivity index (χ1n) is 8.89. The quantitative estimate of drug-likeness (QED) is 0.668. The van der Waals surface area contributed by atoms with Crippen LogP contribution in [-0.4, -0.2) is 48.5 Å². The SMILES string of the molecule is COCC(=O)N(C)[C@H]1c2ccccc2C[C@H]1NC(=O)c1cc2cc(Cl)sc2[nH]1. The maximum Gasteiger partial charge on any atom is 0.268 e. The Morgan fingerprint density at radius 3 is 2.89 bits per heavy atom. The van der Waals surface area contributed by atoms with Crippen molar-refractivity contribution >= 4 is 45.0 Å². The summed E-state index contributed by atoms with van der Waals surface area (Å²) in [6.45, 7) is 0.00347. The third kappa shape index (κ3) is 3.41. The molecule has 28 heavy (non-hydrogen) atoms. The molecule has 2 amide bonds. The molecule has 3 aromatic rings. The molecular formula is C20H20ClN3O3S. The summed E-state index contributed by atoms with van der Waals surface area (Å²) in [7, 11) is 3.25. The van der Waals surface area contributed by atoms with Gasteiger partial charge in [0.15, 0.2) is 0 Å². The Morgan fingerprint density at radius 2 is 2.14 bits per heavy atom. The number of aromatic amines is 1. The van der Waals surface area contributed by atoms with Crippen LogP contribution < -0.4 is 5.32 Å². The Morgan fingerprint density at radius 1 is 1.36 bits per heavy atom. The molecule has 1 aliphatic rings. The van der Waals surface area contributed by atoms with Gasteiger partial charge in [-0.05, 0) is 29.7 Å². The van der Waals surface area contributed by atoms with Crippen LogP contribution in [0, 0.1) is 0 Å². The number of aromatic nitrogens is 1. The number of nitrogens with one attached hydrogen (secondary N) is 2. The molecule has 1 aliphatic carbocycles. The van der Waals surface area contributed by atoms with Crippen molar-refractivity contribution in [2.75, 3.05) is 20.8 Å². The number of benzene rings is 1. The summed E-state index contributed by atoms with van der Waals surface area (Å²) >= 11 is 7.41. The van der Waals surface area contributed by atoms with E-state index in [1.165, 1.54) is 18.4 Å². The molecule has 2 heterocycles. The van der Waals surface area contributed by atoms with E-state index < -0.39 is 0 Å². The fourth-order valence-corrected chi connectivity index (χ4v) is 4.95. The molecule has 0 bridgehead atoms. The lowest BCUT2D eigenvalue weighted by Crippen LogP contribution is -2.46. The first-order valence-corrected chi connectivity index (χ1v) is 10.1. The molecule has 0 saturated carbocycles. The van der Waals surface area contributed by atoms with Crippen LogP contribution >= 0.6 is 22.9 Å². The number of fused-ring (bicyclic) bond motifs is 2. The number of amides is 2. The van der Waals surface area contributed by atoms with E-state index in [9.17, 15) is 9.59 Å². The molecule has 1 aromatic carbocycles. The van der Waals surface area contributed by atoms with Gasteiger partial charge in [0.05, 0.1) is 16.4 Å². The summed E-state index contributed by atoms with van der Waals surface area (Å²) in [5, 5.41) is 4.02. The van der Waals surface area contributed by atoms with E-state index in [-0.39, 0.29) is 30.5 Å². The lowest BCUT2D eigenvalue weighted by Gasteiger charge is -2.31. The molecule has 0 spiro atoms. The third-order valence-corrected chi connectivity index (χ3v) is 6.31. The normalized spacial score (nSPS) is 18.2. The minimum atomic E-state index is -0.242. The topological polar surface area (TPSA) is 74.4 Å². The van der Waals surface area contributed by atoms with Gasteiger partial charge in [-0.3, -0.25) is 9.59 Å². The van der Waals surface area contributed by atoms with Crippen molar-refractivity contribution in [3.63, 3.8) is 0 Å². The Hall–Kier alpha value is -2.35. The van der Waals surface area contributed by atoms with Gasteiger partial charge in [0.25, 0.3) is 5.91 Å². The highest BCUT2D eigenvalue weighted by molar-refractivity contribution is 7.22. The second-order valence-electron chi connectivity index (χ2n) is 6.88. The minimum Gasteiger partial charge on any atom is -0.375 e. The molecule has 8 heteroatoms. The van der Waals surface area contributed by atoms with Crippen LogP contribution in [0.3, 0.4) is 0 Å². The van der Waals surface area contributed by atoms with Crippen LogP contribution in [0.25, 0.3) is 10.2 Å². The van der Waals surface area contributed by atoms with Crippen molar-refractivity contribution in [1.29, 1.82) is 0 Å². The van der Waals surface area contributed by atoms with Gasteiger partial charge in [-0.15, -0.1) is 11.3 Å². The number of methoxy groups -OCH3 is 1. The second-order valence-corrected chi connectivity index (χ2v) is 8.57. The highest BCUT2D eigenvalue weighted by Crippen LogP contribution is 2.36. The molecule has 4 rings (SSSR count). The van der Waals surface area contributed by atoms with E-state index in [1.807, 2.05) is 30.3 Å². The van der Waals surface area contributed by atoms with Crippen molar-refractivity contribution in [1.82, 2.24) is 15.2 Å². The van der Waals surface area contributed by atoms with Gasteiger partial charge >= 0.3 is 0 Å². The summed E-state index contributed by atoms with van der Waals surface area (Å²) in [5.41, 5.74) is 2.67. The second kappa shape index (κ2) is 7.58. The van der Waals surface area contributed by atoms with Crippen molar-refractivity contribution in [2.45, 2.75) is 18.5 Å². The predicted octanol–water partition coefficient (Wildman–Crippen LogP) is 3.38. The van der Waals surface area contributed by atoms with E-state index in [4.69, 9.17) is 16.3 Å². The van der Waals surface area contributed by atoms with Gasteiger partial charge in [0.2, 0.25) is 5.91 Å².